The Hall–Kier alpha value is -2.91. The third kappa shape index (κ3) is 4.08. The molecular formula is C10H12N4O6. The van der Waals surface area contributed by atoms with Gasteiger partial charge in [0.05, 0.1) is 17.7 Å². The fraction of sp³-hybridized carbons (Fsp3) is 0.300. The highest BCUT2D eigenvalue weighted by molar-refractivity contribution is 5.96. The quantitative estimate of drug-likeness (QED) is 0.445. The molecule has 0 unspecified atom stereocenters. The number of aliphatic carboxylic acids is 1. The molecule has 0 aliphatic carbocycles. The lowest BCUT2D eigenvalue weighted by Gasteiger charge is -2.05. The Morgan fingerprint density at radius 3 is 2.50 bits per heavy atom. The average molecular weight is 284 g/mol. The van der Waals surface area contributed by atoms with Crippen LogP contribution in [-0.2, 0) is 16.6 Å². The van der Waals surface area contributed by atoms with E-state index in [1.54, 1.807) is 0 Å². The maximum atomic E-state index is 11.7. The summed E-state index contributed by atoms with van der Waals surface area (Å²) in [6, 6.07) is 1.07. The summed E-state index contributed by atoms with van der Waals surface area (Å²) in [5.41, 5.74) is -0.226. The number of aryl methyl sites for hydroxylation is 1. The number of nitro groups is 1. The zero-order chi connectivity index (χ0) is 15.3. The molecule has 0 aromatic carbocycles. The molecule has 0 atom stereocenters. The smallest absolute Gasteiger partial charge is 0.322 e. The molecule has 108 valence electrons. The minimum atomic E-state index is -1.21. The zero-order valence-electron chi connectivity index (χ0n) is 10.5. The molecule has 10 heteroatoms. The van der Waals surface area contributed by atoms with Gasteiger partial charge in [-0.2, -0.15) is 0 Å². The molecule has 20 heavy (non-hydrogen) atoms. The number of carbonyl (C=O) groups is 3. The lowest BCUT2D eigenvalue weighted by Crippen LogP contribution is -2.39. The van der Waals surface area contributed by atoms with Crippen molar-refractivity contribution in [3.63, 3.8) is 0 Å². The summed E-state index contributed by atoms with van der Waals surface area (Å²) in [5, 5.41) is 23.2. The SMILES string of the molecule is Cn1cc([N+](=O)[O-])cc1C(=O)NCC(=O)NCC(=O)O. The number of hydrogen-bond acceptors (Lipinski definition) is 5. The molecule has 0 spiro atoms. The van der Waals surface area contributed by atoms with Gasteiger partial charge in [-0.25, -0.2) is 0 Å². The van der Waals surface area contributed by atoms with Gasteiger partial charge >= 0.3 is 5.97 Å². The van der Waals surface area contributed by atoms with Crippen LogP contribution in [-0.4, -0.2) is 45.5 Å². The second-order valence-electron chi connectivity index (χ2n) is 3.80. The van der Waals surface area contributed by atoms with E-state index < -0.39 is 35.8 Å². The summed E-state index contributed by atoms with van der Waals surface area (Å²) in [5.74, 6) is -2.56. The van der Waals surface area contributed by atoms with Crippen molar-refractivity contribution in [3.05, 3.63) is 28.1 Å². The van der Waals surface area contributed by atoms with Gasteiger partial charge in [0.1, 0.15) is 12.2 Å². The van der Waals surface area contributed by atoms with Crippen molar-refractivity contribution in [1.29, 1.82) is 0 Å². The molecule has 0 saturated carbocycles. The molecule has 0 bridgehead atoms. The second kappa shape index (κ2) is 6.31. The Balaban J connectivity index is 2.57. The van der Waals surface area contributed by atoms with Crippen LogP contribution in [0, 0.1) is 10.1 Å². The Labute approximate surface area is 112 Å². The van der Waals surface area contributed by atoms with Crippen LogP contribution in [0.15, 0.2) is 12.3 Å². The standard InChI is InChI=1S/C10H12N4O6/c1-13-5-6(14(19)20)2-7(13)10(18)12-3-8(15)11-4-9(16)17/h2,5H,3-4H2,1H3,(H,11,15)(H,12,18)(H,16,17). The molecule has 1 rings (SSSR count). The molecule has 0 aliphatic heterocycles. The normalized spacial score (nSPS) is 9.85. The molecule has 1 aromatic heterocycles. The van der Waals surface area contributed by atoms with Gasteiger partial charge in [0.2, 0.25) is 5.91 Å². The van der Waals surface area contributed by atoms with Crippen molar-refractivity contribution < 1.29 is 24.4 Å². The van der Waals surface area contributed by atoms with Crippen molar-refractivity contribution >= 4 is 23.5 Å². The Bertz CT molecular complexity index is 564. The van der Waals surface area contributed by atoms with E-state index in [-0.39, 0.29) is 11.4 Å². The van der Waals surface area contributed by atoms with Crippen LogP contribution in [0.4, 0.5) is 5.69 Å². The minimum absolute atomic E-state index is 0.0164. The molecule has 3 N–H and O–H groups in total. The zero-order valence-corrected chi connectivity index (χ0v) is 10.5. The summed E-state index contributed by atoms with van der Waals surface area (Å²) in [6.07, 6.45) is 1.17. The topological polar surface area (TPSA) is 144 Å². The van der Waals surface area contributed by atoms with Gasteiger partial charge in [-0.3, -0.25) is 24.5 Å². The van der Waals surface area contributed by atoms with Crippen molar-refractivity contribution in [1.82, 2.24) is 15.2 Å². The van der Waals surface area contributed by atoms with Gasteiger partial charge in [0.15, 0.2) is 0 Å². The van der Waals surface area contributed by atoms with E-state index in [1.807, 2.05) is 0 Å². The van der Waals surface area contributed by atoms with Crippen molar-refractivity contribution in [2.75, 3.05) is 13.1 Å². The second-order valence-corrected chi connectivity index (χ2v) is 3.80. The largest absolute Gasteiger partial charge is 0.480 e. The number of rotatable bonds is 6. The molecule has 1 heterocycles. The van der Waals surface area contributed by atoms with Crippen LogP contribution in [0.25, 0.3) is 0 Å². The van der Waals surface area contributed by atoms with E-state index in [2.05, 4.69) is 10.6 Å². The minimum Gasteiger partial charge on any atom is -0.480 e. The van der Waals surface area contributed by atoms with Gasteiger partial charge in [-0.1, -0.05) is 0 Å². The van der Waals surface area contributed by atoms with Crippen LogP contribution in [0.3, 0.4) is 0 Å². The van der Waals surface area contributed by atoms with Gasteiger partial charge in [-0.05, 0) is 0 Å². The van der Waals surface area contributed by atoms with E-state index in [9.17, 15) is 24.5 Å². The lowest BCUT2D eigenvalue weighted by atomic mass is 10.3. The summed E-state index contributed by atoms with van der Waals surface area (Å²) < 4.78 is 1.25. The van der Waals surface area contributed by atoms with E-state index in [1.165, 1.54) is 17.8 Å². The van der Waals surface area contributed by atoms with Crippen molar-refractivity contribution in [2.45, 2.75) is 0 Å². The third-order valence-electron chi connectivity index (χ3n) is 2.28. The first-order valence-electron chi connectivity index (χ1n) is 5.38. The number of aromatic nitrogens is 1. The van der Waals surface area contributed by atoms with Gasteiger partial charge in [0, 0.05) is 13.1 Å². The predicted molar refractivity (Wildman–Crippen MR) is 65.0 cm³/mol. The summed E-state index contributed by atoms with van der Waals surface area (Å²) in [6.45, 7) is -0.977. The first-order chi connectivity index (χ1) is 9.31. The molecule has 0 aliphatic rings. The van der Waals surface area contributed by atoms with E-state index in [4.69, 9.17) is 5.11 Å². The molecule has 1 aromatic rings. The van der Waals surface area contributed by atoms with Crippen LogP contribution in [0.1, 0.15) is 10.5 Å². The number of amides is 2. The Morgan fingerprint density at radius 1 is 1.35 bits per heavy atom. The summed E-state index contributed by atoms with van der Waals surface area (Å²) in [4.78, 5) is 43.0. The fourth-order valence-corrected chi connectivity index (χ4v) is 1.36. The van der Waals surface area contributed by atoms with Crippen molar-refractivity contribution in [2.24, 2.45) is 7.05 Å². The molecule has 2 amide bonds. The maximum Gasteiger partial charge on any atom is 0.322 e. The Morgan fingerprint density at radius 2 is 2.00 bits per heavy atom. The van der Waals surface area contributed by atoms with Crippen LogP contribution in [0.5, 0.6) is 0 Å². The number of nitrogens with zero attached hydrogens (tertiary/aromatic N) is 2. The number of carboxylic acid groups (broad SMARTS) is 1. The highest BCUT2D eigenvalue weighted by atomic mass is 16.6. The first kappa shape index (κ1) is 15.1. The molecular weight excluding hydrogens is 272 g/mol. The van der Waals surface area contributed by atoms with Crippen molar-refractivity contribution in [3.8, 4) is 0 Å². The summed E-state index contributed by atoms with van der Waals surface area (Å²) >= 11 is 0. The predicted octanol–water partition coefficient (Wildman–Crippen LogP) is -1.14. The fourth-order valence-electron chi connectivity index (χ4n) is 1.36. The van der Waals surface area contributed by atoms with Crippen LogP contribution in [0.2, 0.25) is 0 Å². The average Bonchev–Trinajstić information content (AvgIpc) is 2.75. The molecule has 0 saturated heterocycles. The van der Waals surface area contributed by atoms with Crippen LogP contribution >= 0.6 is 0 Å². The number of hydrogen-bond donors (Lipinski definition) is 3. The molecule has 0 fully saturated rings. The van der Waals surface area contributed by atoms with Gasteiger partial charge in [-0.15, -0.1) is 0 Å². The van der Waals surface area contributed by atoms with Gasteiger partial charge < -0.3 is 20.3 Å². The third-order valence-corrected chi connectivity index (χ3v) is 2.28. The number of carbonyl (C=O) groups excluding carboxylic acids is 2. The van der Waals surface area contributed by atoms with Crippen LogP contribution < -0.4 is 10.6 Å². The lowest BCUT2D eigenvalue weighted by molar-refractivity contribution is -0.384. The summed E-state index contributed by atoms with van der Waals surface area (Å²) in [7, 11) is 1.45. The van der Waals surface area contributed by atoms with E-state index >= 15 is 0 Å². The maximum absolute atomic E-state index is 11.7. The first-order valence-corrected chi connectivity index (χ1v) is 5.38. The monoisotopic (exact) mass is 284 g/mol. The molecule has 0 radical (unpaired) electrons. The number of nitrogens with one attached hydrogen (secondary N) is 2. The van der Waals surface area contributed by atoms with E-state index in [0.717, 1.165) is 6.07 Å². The number of carboxylic acids is 1. The van der Waals surface area contributed by atoms with Gasteiger partial charge in [0.25, 0.3) is 11.6 Å². The highest BCUT2D eigenvalue weighted by Gasteiger charge is 2.17. The molecule has 10 nitrogen and oxygen atoms in total. The highest BCUT2D eigenvalue weighted by Crippen LogP contribution is 2.14. The Kier molecular flexibility index (Phi) is 4.78. The van der Waals surface area contributed by atoms with E-state index in [0.29, 0.717) is 0 Å².